The summed E-state index contributed by atoms with van der Waals surface area (Å²) in [6.07, 6.45) is 0.352. The van der Waals surface area contributed by atoms with Gasteiger partial charge in [0, 0.05) is 24.3 Å². The molecule has 2 aliphatic rings. The Kier molecular flexibility index (Phi) is 2.49. The summed E-state index contributed by atoms with van der Waals surface area (Å²) in [5, 5.41) is 13.3. The Balaban J connectivity index is 1.84. The zero-order valence-corrected chi connectivity index (χ0v) is 11.9. The Bertz CT molecular complexity index is 765. The molecule has 0 saturated carbocycles. The summed E-state index contributed by atoms with van der Waals surface area (Å²) in [7, 11) is 0. The van der Waals surface area contributed by atoms with Crippen LogP contribution in [-0.4, -0.2) is 28.9 Å². The van der Waals surface area contributed by atoms with Gasteiger partial charge in [-0.25, -0.2) is 4.99 Å². The van der Waals surface area contributed by atoms with Gasteiger partial charge in [-0.3, -0.25) is 4.79 Å². The van der Waals surface area contributed by atoms with Gasteiger partial charge in [0.2, 0.25) is 5.78 Å². The van der Waals surface area contributed by atoms with Crippen molar-refractivity contribution in [1.29, 1.82) is 0 Å². The standard InChI is InChI=1S/C15H13N3O2S/c16-9-1-3-10(4-2-9)18-7-6-15(20)12(19)11-5-8-21-13(11)17-14(15)18/h1-5,8,20H,6-7,16H2/t15-/m1/s1. The summed E-state index contributed by atoms with van der Waals surface area (Å²) >= 11 is 1.41. The average molecular weight is 299 g/mol. The molecule has 6 heteroatoms. The van der Waals surface area contributed by atoms with E-state index in [1.165, 1.54) is 11.3 Å². The topological polar surface area (TPSA) is 78.9 Å². The predicted molar refractivity (Wildman–Crippen MR) is 83.5 cm³/mol. The lowest BCUT2D eigenvalue weighted by atomic mass is 9.90. The minimum Gasteiger partial charge on any atom is -0.399 e. The number of nitrogens with two attached hydrogens (primary N) is 1. The van der Waals surface area contributed by atoms with Crippen LogP contribution in [0.3, 0.4) is 0 Å². The number of nitrogen functional groups attached to an aromatic ring is 1. The van der Waals surface area contributed by atoms with Crippen molar-refractivity contribution in [2.45, 2.75) is 12.0 Å². The van der Waals surface area contributed by atoms with Crippen molar-refractivity contribution in [3.8, 4) is 0 Å². The second-order valence-electron chi connectivity index (χ2n) is 5.26. The van der Waals surface area contributed by atoms with Crippen molar-refractivity contribution >= 4 is 39.3 Å². The second kappa shape index (κ2) is 4.16. The van der Waals surface area contributed by atoms with E-state index in [-0.39, 0.29) is 5.78 Å². The van der Waals surface area contributed by atoms with Gasteiger partial charge in [-0.2, -0.15) is 0 Å². The molecule has 2 aromatic rings. The molecule has 3 heterocycles. The number of hydrogen-bond acceptors (Lipinski definition) is 6. The molecule has 0 amide bonds. The summed E-state index contributed by atoms with van der Waals surface area (Å²) < 4.78 is 0. The first-order valence-corrected chi connectivity index (χ1v) is 7.54. The SMILES string of the molecule is Nc1ccc(N2CC[C@@]3(O)C(=O)c4ccsc4N=C23)cc1. The van der Waals surface area contributed by atoms with Crippen molar-refractivity contribution in [3.63, 3.8) is 0 Å². The fourth-order valence-electron chi connectivity index (χ4n) is 2.87. The first-order chi connectivity index (χ1) is 10.1. The monoisotopic (exact) mass is 299 g/mol. The minimum absolute atomic E-state index is 0.248. The highest BCUT2D eigenvalue weighted by Crippen LogP contribution is 2.41. The third-order valence-corrected chi connectivity index (χ3v) is 4.81. The maximum atomic E-state index is 12.5. The van der Waals surface area contributed by atoms with Crippen LogP contribution in [0.4, 0.5) is 16.4 Å². The molecule has 0 unspecified atom stereocenters. The number of carbonyl (C=O) groups is 1. The summed E-state index contributed by atoms with van der Waals surface area (Å²) in [4.78, 5) is 19.0. The molecule has 5 nitrogen and oxygen atoms in total. The summed E-state index contributed by atoms with van der Waals surface area (Å²) in [6, 6.07) is 9.07. The van der Waals surface area contributed by atoms with Crippen LogP contribution >= 0.6 is 11.3 Å². The van der Waals surface area contributed by atoms with E-state index in [9.17, 15) is 9.90 Å². The number of carbonyl (C=O) groups excluding carboxylic acids is 1. The summed E-state index contributed by atoms with van der Waals surface area (Å²) in [6.45, 7) is 0.555. The van der Waals surface area contributed by atoms with Crippen LogP contribution in [0.1, 0.15) is 16.8 Å². The van der Waals surface area contributed by atoms with Crippen LogP contribution < -0.4 is 10.6 Å². The lowest BCUT2D eigenvalue weighted by Crippen LogP contribution is -2.48. The van der Waals surface area contributed by atoms with E-state index in [2.05, 4.69) is 4.99 Å². The second-order valence-corrected chi connectivity index (χ2v) is 6.15. The number of Topliss-reactive ketones (excluding diaryl/α,β-unsaturated/α-hetero) is 1. The molecule has 2 aliphatic heterocycles. The average Bonchev–Trinajstić information content (AvgIpc) is 3.06. The molecule has 0 aliphatic carbocycles. The number of ketones is 1. The largest absolute Gasteiger partial charge is 0.399 e. The number of aliphatic imine (C=N–C) groups is 1. The molecule has 0 radical (unpaired) electrons. The van der Waals surface area contributed by atoms with Crippen molar-refractivity contribution in [2.24, 2.45) is 4.99 Å². The normalized spacial score (nSPS) is 23.8. The molecule has 21 heavy (non-hydrogen) atoms. The number of nitrogens with zero attached hydrogens (tertiary/aromatic N) is 2. The van der Waals surface area contributed by atoms with E-state index < -0.39 is 5.60 Å². The Morgan fingerprint density at radius 1 is 1.29 bits per heavy atom. The number of rotatable bonds is 1. The first-order valence-electron chi connectivity index (χ1n) is 6.66. The molecule has 3 N–H and O–H groups in total. The lowest BCUT2D eigenvalue weighted by molar-refractivity contribution is 0.0603. The van der Waals surface area contributed by atoms with E-state index in [1.54, 1.807) is 18.2 Å². The van der Waals surface area contributed by atoms with Crippen molar-refractivity contribution in [1.82, 2.24) is 0 Å². The molecule has 1 aromatic heterocycles. The van der Waals surface area contributed by atoms with Gasteiger partial charge in [-0.05, 0) is 35.7 Å². The van der Waals surface area contributed by atoms with Gasteiger partial charge in [-0.1, -0.05) is 0 Å². The van der Waals surface area contributed by atoms with E-state index in [0.717, 1.165) is 5.69 Å². The highest BCUT2D eigenvalue weighted by molar-refractivity contribution is 7.14. The van der Waals surface area contributed by atoms with Gasteiger partial charge in [0.1, 0.15) is 5.00 Å². The minimum atomic E-state index is -1.50. The number of benzene rings is 1. The molecule has 1 aromatic carbocycles. The lowest BCUT2D eigenvalue weighted by Gasteiger charge is -2.28. The van der Waals surface area contributed by atoms with Crippen LogP contribution in [0.5, 0.6) is 0 Å². The maximum Gasteiger partial charge on any atom is 0.205 e. The number of fused-ring (bicyclic) bond motifs is 2. The number of thiophene rings is 1. The third kappa shape index (κ3) is 1.66. The molecular formula is C15H13N3O2S. The summed E-state index contributed by atoms with van der Waals surface area (Å²) in [5.74, 6) is 0.175. The Morgan fingerprint density at radius 3 is 2.81 bits per heavy atom. The van der Waals surface area contributed by atoms with Gasteiger partial charge in [-0.15, -0.1) is 11.3 Å². The van der Waals surface area contributed by atoms with Gasteiger partial charge < -0.3 is 15.7 Å². The van der Waals surface area contributed by atoms with E-state index >= 15 is 0 Å². The molecular weight excluding hydrogens is 286 g/mol. The molecule has 4 rings (SSSR count). The highest BCUT2D eigenvalue weighted by Gasteiger charge is 2.52. The number of hydrogen-bond donors (Lipinski definition) is 2. The predicted octanol–water partition coefficient (Wildman–Crippen LogP) is 2.20. The molecule has 106 valence electrons. The Labute approximate surface area is 125 Å². The van der Waals surface area contributed by atoms with Gasteiger partial charge in [0.05, 0.1) is 5.56 Å². The molecule has 1 fully saturated rings. The molecule has 1 atom stereocenters. The fraction of sp³-hybridized carbons (Fsp3) is 0.200. The number of aliphatic hydroxyl groups is 1. The van der Waals surface area contributed by atoms with E-state index in [4.69, 9.17) is 5.73 Å². The van der Waals surface area contributed by atoms with Crippen molar-refractivity contribution in [3.05, 3.63) is 41.3 Å². The number of amidine groups is 1. The van der Waals surface area contributed by atoms with Gasteiger partial charge in [0.25, 0.3) is 0 Å². The zero-order chi connectivity index (χ0) is 14.6. The molecule has 0 spiro atoms. The molecule has 1 saturated heterocycles. The molecule has 0 bridgehead atoms. The van der Waals surface area contributed by atoms with Crippen LogP contribution in [0.15, 0.2) is 40.7 Å². The van der Waals surface area contributed by atoms with E-state index in [0.29, 0.717) is 35.1 Å². The fourth-order valence-corrected chi connectivity index (χ4v) is 3.63. The van der Waals surface area contributed by atoms with Crippen LogP contribution in [0, 0.1) is 0 Å². The smallest absolute Gasteiger partial charge is 0.205 e. The zero-order valence-electron chi connectivity index (χ0n) is 11.1. The summed E-state index contributed by atoms with van der Waals surface area (Å²) in [5.41, 5.74) is 6.28. The van der Waals surface area contributed by atoms with Crippen molar-refractivity contribution < 1.29 is 9.90 Å². The van der Waals surface area contributed by atoms with Crippen molar-refractivity contribution in [2.75, 3.05) is 17.2 Å². The third-order valence-electron chi connectivity index (χ3n) is 4.00. The Hall–Kier alpha value is -2.18. The van der Waals surface area contributed by atoms with Gasteiger partial charge in [0.15, 0.2) is 11.4 Å². The van der Waals surface area contributed by atoms with Crippen LogP contribution in [0.25, 0.3) is 0 Å². The van der Waals surface area contributed by atoms with Crippen LogP contribution in [-0.2, 0) is 0 Å². The van der Waals surface area contributed by atoms with Crippen LogP contribution in [0.2, 0.25) is 0 Å². The van der Waals surface area contributed by atoms with Gasteiger partial charge >= 0.3 is 0 Å². The first kappa shape index (κ1) is 12.6. The Morgan fingerprint density at radius 2 is 2.05 bits per heavy atom. The quantitative estimate of drug-likeness (QED) is 0.791. The highest BCUT2D eigenvalue weighted by atomic mass is 32.1. The number of anilines is 2. The van der Waals surface area contributed by atoms with E-state index in [1.807, 2.05) is 22.4 Å². The maximum absolute atomic E-state index is 12.5.